The average Bonchev–Trinajstić information content (AvgIpc) is 2.81. The highest BCUT2D eigenvalue weighted by Gasteiger charge is 2.11. The van der Waals surface area contributed by atoms with Crippen LogP contribution in [0.4, 0.5) is 5.69 Å². The largest absolute Gasteiger partial charge is 0.352 e. The van der Waals surface area contributed by atoms with Crippen molar-refractivity contribution in [2.45, 2.75) is 26.8 Å². The Hall–Kier alpha value is -2.04. The summed E-state index contributed by atoms with van der Waals surface area (Å²) in [5, 5.41) is 6.27. The molecule has 1 aromatic carbocycles. The molecule has 2 rings (SSSR count). The molecule has 0 spiro atoms. The molecular weight excluding hydrogens is 264 g/mol. The van der Waals surface area contributed by atoms with Crippen LogP contribution in [0.3, 0.4) is 0 Å². The Morgan fingerprint density at radius 2 is 2.24 bits per heavy atom. The van der Waals surface area contributed by atoms with Crippen molar-refractivity contribution in [2.24, 2.45) is 10.9 Å². The van der Waals surface area contributed by atoms with Gasteiger partial charge in [0.1, 0.15) is 0 Å². The van der Waals surface area contributed by atoms with Gasteiger partial charge in [-0.1, -0.05) is 26.0 Å². The Labute approximate surface area is 126 Å². The minimum atomic E-state index is 0.0648. The van der Waals surface area contributed by atoms with Gasteiger partial charge in [-0.3, -0.25) is 9.79 Å². The first kappa shape index (κ1) is 15.4. The minimum Gasteiger partial charge on any atom is -0.352 e. The van der Waals surface area contributed by atoms with Crippen LogP contribution in [0.15, 0.2) is 29.3 Å². The zero-order chi connectivity index (χ0) is 15.2. The number of aliphatic imine (C=N–C) groups is 1. The maximum absolute atomic E-state index is 11.8. The van der Waals surface area contributed by atoms with Crippen molar-refractivity contribution >= 4 is 17.6 Å². The average molecular weight is 288 g/mol. The molecule has 0 saturated heterocycles. The number of rotatable bonds is 5. The van der Waals surface area contributed by atoms with Crippen molar-refractivity contribution in [1.82, 2.24) is 10.2 Å². The van der Waals surface area contributed by atoms with E-state index >= 15 is 0 Å². The summed E-state index contributed by atoms with van der Waals surface area (Å²) >= 11 is 0. The van der Waals surface area contributed by atoms with Crippen molar-refractivity contribution in [3.63, 3.8) is 0 Å². The molecule has 1 heterocycles. The van der Waals surface area contributed by atoms with E-state index in [2.05, 4.69) is 20.5 Å². The molecule has 0 saturated carbocycles. The van der Waals surface area contributed by atoms with Gasteiger partial charge in [0.25, 0.3) is 0 Å². The van der Waals surface area contributed by atoms with Crippen molar-refractivity contribution in [3.8, 4) is 0 Å². The Bertz CT molecular complexity index is 525. The van der Waals surface area contributed by atoms with Crippen molar-refractivity contribution in [3.05, 3.63) is 29.8 Å². The third kappa shape index (κ3) is 4.77. The van der Waals surface area contributed by atoms with Crippen LogP contribution in [-0.4, -0.2) is 36.9 Å². The van der Waals surface area contributed by atoms with E-state index in [1.54, 1.807) is 0 Å². The second kappa shape index (κ2) is 7.11. The zero-order valence-electron chi connectivity index (χ0n) is 13.0. The SMILES string of the molecule is CC(C)CC(=O)Nc1cccc(CNC2=NCCN2C)c1. The Balaban J connectivity index is 1.90. The number of carbonyl (C=O) groups is 1. The lowest BCUT2D eigenvalue weighted by atomic mass is 10.1. The smallest absolute Gasteiger partial charge is 0.224 e. The fourth-order valence-electron chi connectivity index (χ4n) is 2.25. The monoisotopic (exact) mass is 288 g/mol. The highest BCUT2D eigenvalue weighted by molar-refractivity contribution is 5.90. The van der Waals surface area contributed by atoms with Gasteiger partial charge in [-0.05, 0) is 23.6 Å². The quantitative estimate of drug-likeness (QED) is 0.872. The summed E-state index contributed by atoms with van der Waals surface area (Å²) in [4.78, 5) is 18.3. The van der Waals surface area contributed by atoms with Crippen LogP contribution in [0.5, 0.6) is 0 Å². The highest BCUT2D eigenvalue weighted by atomic mass is 16.1. The number of likely N-dealkylation sites (N-methyl/N-ethyl adjacent to an activating group) is 1. The van der Waals surface area contributed by atoms with Crippen LogP contribution < -0.4 is 10.6 Å². The Morgan fingerprint density at radius 1 is 1.43 bits per heavy atom. The summed E-state index contributed by atoms with van der Waals surface area (Å²) in [5.74, 6) is 1.37. The number of hydrogen-bond donors (Lipinski definition) is 2. The number of amides is 1. The Morgan fingerprint density at radius 3 is 2.90 bits per heavy atom. The molecule has 0 bridgehead atoms. The van der Waals surface area contributed by atoms with E-state index < -0.39 is 0 Å². The molecule has 0 atom stereocenters. The van der Waals surface area contributed by atoms with Gasteiger partial charge >= 0.3 is 0 Å². The van der Waals surface area contributed by atoms with E-state index in [-0.39, 0.29) is 5.91 Å². The van der Waals surface area contributed by atoms with E-state index in [4.69, 9.17) is 0 Å². The number of guanidine groups is 1. The molecule has 0 aliphatic carbocycles. The van der Waals surface area contributed by atoms with E-state index in [1.165, 1.54) is 0 Å². The number of hydrogen-bond acceptors (Lipinski definition) is 4. The van der Waals surface area contributed by atoms with Crippen LogP contribution in [0.25, 0.3) is 0 Å². The molecule has 0 radical (unpaired) electrons. The van der Waals surface area contributed by atoms with E-state index in [0.717, 1.165) is 30.3 Å². The summed E-state index contributed by atoms with van der Waals surface area (Å²) in [6.45, 7) is 6.60. The van der Waals surface area contributed by atoms with Gasteiger partial charge in [-0.25, -0.2) is 0 Å². The van der Waals surface area contributed by atoms with Crippen molar-refractivity contribution < 1.29 is 4.79 Å². The van der Waals surface area contributed by atoms with Crippen molar-refractivity contribution in [2.75, 3.05) is 25.5 Å². The number of benzene rings is 1. The lowest BCUT2D eigenvalue weighted by Gasteiger charge is -2.15. The molecule has 0 fully saturated rings. The number of carbonyl (C=O) groups excluding carboxylic acids is 1. The van der Waals surface area contributed by atoms with E-state index in [0.29, 0.717) is 18.9 Å². The third-order valence-corrected chi connectivity index (χ3v) is 3.31. The molecule has 114 valence electrons. The first-order chi connectivity index (χ1) is 10.0. The Kier molecular flexibility index (Phi) is 5.20. The molecule has 1 amide bonds. The molecular formula is C16H24N4O. The van der Waals surface area contributed by atoms with Gasteiger partial charge in [0.05, 0.1) is 6.54 Å². The lowest BCUT2D eigenvalue weighted by molar-refractivity contribution is -0.116. The summed E-state index contributed by atoms with van der Waals surface area (Å²) in [6.07, 6.45) is 0.546. The topological polar surface area (TPSA) is 56.7 Å². The van der Waals surface area contributed by atoms with Crippen LogP contribution >= 0.6 is 0 Å². The third-order valence-electron chi connectivity index (χ3n) is 3.31. The van der Waals surface area contributed by atoms with E-state index in [9.17, 15) is 4.79 Å². The number of nitrogens with zero attached hydrogens (tertiary/aromatic N) is 2. The van der Waals surface area contributed by atoms with Gasteiger partial charge in [-0.2, -0.15) is 0 Å². The molecule has 21 heavy (non-hydrogen) atoms. The summed E-state index contributed by atoms with van der Waals surface area (Å²) < 4.78 is 0. The predicted octanol–water partition coefficient (Wildman–Crippen LogP) is 2.06. The van der Waals surface area contributed by atoms with Crippen molar-refractivity contribution in [1.29, 1.82) is 0 Å². The maximum atomic E-state index is 11.8. The summed E-state index contributed by atoms with van der Waals surface area (Å²) in [5.41, 5.74) is 1.97. The highest BCUT2D eigenvalue weighted by Crippen LogP contribution is 2.12. The molecule has 0 aromatic heterocycles. The van der Waals surface area contributed by atoms with Crippen LogP contribution in [0, 0.1) is 5.92 Å². The van der Waals surface area contributed by atoms with Gasteiger partial charge in [-0.15, -0.1) is 0 Å². The first-order valence-electron chi connectivity index (χ1n) is 7.43. The zero-order valence-corrected chi connectivity index (χ0v) is 13.0. The van der Waals surface area contributed by atoms with E-state index in [1.807, 2.05) is 45.2 Å². The number of nitrogens with one attached hydrogen (secondary N) is 2. The standard InChI is InChI=1S/C16H24N4O/c1-12(2)9-15(21)19-14-6-4-5-13(10-14)11-18-16-17-7-8-20(16)3/h4-6,10,12H,7-9,11H2,1-3H3,(H,17,18)(H,19,21). The maximum Gasteiger partial charge on any atom is 0.224 e. The molecule has 1 aromatic rings. The summed E-state index contributed by atoms with van der Waals surface area (Å²) in [7, 11) is 2.03. The van der Waals surface area contributed by atoms with Gasteiger partial charge in [0.2, 0.25) is 5.91 Å². The second-order valence-electron chi connectivity index (χ2n) is 5.83. The minimum absolute atomic E-state index is 0.0648. The molecule has 0 unspecified atom stereocenters. The number of anilines is 1. The van der Waals surface area contributed by atoms with Crippen LogP contribution in [0.1, 0.15) is 25.8 Å². The predicted molar refractivity (Wildman–Crippen MR) is 86.3 cm³/mol. The fraction of sp³-hybridized carbons (Fsp3) is 0.500. The van der Waals surface area contributed by atoms with Gasteiger partial charge in [0, 0.05) is 32.2 Å². The first-order valence-corrected chi connectivity index (χ1v) is 7.43. The molecule has 1 aliphatic rings. The van der Waals surface area contributed by atoms with Crippen LogP contribution in [-0.2, 0) is 11.3 Å². The molecule has 5 heteroatoms. The molecule has 5 nitrogen and oxygen atoms in total. The van der Waals surface area contributed by atoms with Gasteiger partial charge in [0.15, 0.2) is 5.96 Å². The van der Waals surface area contributed by atoms with Gasteiger partial charge < -0.3 is 15.5 Å². The second-order valence-corrected chi connectivity index (χ2v) is 5.83. The molecule has 1 aliphatic heterocycles. The summed E-state index contributed by atoms with van der Waals surface area (Å²) in [6, 6.07) is 7.92. The van der Waals surface area contributed by atoms with Crippen LogP contribution in [0.2, 0.25) is 0 Å². The lowest BCUT2D eigenvalue weighted by Crippen LogP contribution is -2.35. The normalized spacial score (nSPS) is 14.3. The fourth-order valence-corrected chi connectivity index (χ4v) is 2.25. The molecule has 2 N–H and O–H groups in total.